The Balaban J connectivity index is 2.44. The lowest BCUT2D eigenvalue weighted by Gasteiger charge is -2.33. The van der Waals surface area contributed by atoms with Gasteiger partial charge in [-0.3, -0.25) is 0 Å². The maximum absolute atomic E-state index is 9.03. The van der Waals surface area contributed by atoms with Crippen LogP contribution in [0.25, 0.3) is 0 Å². The van der Waals surface area contributed by atoms with E-state index in [1.807, 2.05) is 0 Å². The molecular formula is C9H18O2. The van der Waals surface area contributed by atoms with E-state index in [2.05, 4.69) is 13.8 Å². The van der Waals surface area contributed by atoms with Crippen molar-refractivity contribution in [3.63, 3.8) is 0 Å². The van der Waals surface area contributed by atoms with Crippen molar-refractivity contribution in [2.24, 2.45) is 11.8 Å². The van der Waals surface area contributed by atoms with Crippen LogP contribution in [-0.4, -0.2) is 24.4 Å². The molecule has 1 heterocycles. The van der Waals surface area contributed by atoms with Crippen LogP contribution in [0.4, 0.5) is 0 Å². The van der Waals surface area contributed by atoms with Crippen molar-refractivity contribution in [1.29, 1.82) is 0 Å². The van der Waals surface area contributed by atoms with Gasteiger partial charge in [0.25, 0.3) is 0 Å². The molecule has 2 atom stereocenters. The molecular weight excluding hydrogens is 140 g/mol. The summed E-state index contributed by atoms with van der Waals surface area (Å²) in [4.78, 5) is 0. The average molecular weight is 158 g/mol. The van der Waals surface area contributed by atoms with E-state index in [0.29, 0.717) is 11.8 Å². The fraction of sp³-hybridized carbons (Fsp3) is 1.00. The van der Waals surface area contributed by atoms with Gasteiger partial charge in [-0.2, -0.15) is 0 Å². The summed E-state index contributed by atoms with van der Waals surface area (Å²) < 4.78 is 5.58. The van der Waals surface area contributed by atoms with Crippen LogP contribution >= 0.6 is 0 Å². The molecule has 2 nitrogen and oxygen atoms in total. The second kappa shape index (κ2) is 4.07. The third-order valence-electron chi connectivity index (χ3n) is 2.39. The fourth-order valence-corrected chi connectivity index (χ4v) is 1.80. The molecule has 0 aliphatic carbocycles. The van der Waals surface area contributed by atoms with Gasteiger partial charge >= 0.3 is 0 Å². The minimum absolute atomic E-state index is 0.281. The van der Waals surface area contributed by atoms with Gasteiger partial charge in [0.05, 0.1) is 6.10 Å². The highest BCUT2D eigenvalue weighted by atomic mass is 16.5. The van der Waals surface area contributed by atoms with Crippen LogP contribution < -0.4 is 0 Å². The van der Waals surface area contributed by atoms with Crippen molar-refractivity contribution in [2.75, 3.05) is 13.2 Å². The lowest BCUT2D eigenvalue weighted by atomic mass is 9.88. The van der Waals surface area contributed by atoms with Crippen LogP contribution in [0.1, 0.15) is 26.7 Å². The number of hydrogen-bond donors (Lipinski definition) is 1. The zero-order valence-electron chi connectivity index (χ0n) is 7.42. The Hall–Kier alpha value is -0.0800. The van der Waals surface area contributed by atoms with Crippen LogP contribution in [0.2, 0.25) is 0 Å². The summed E-state index contributed by atoms with van der Waals surface area (Å²) in [5, 5.41) is 9.03. The summed E-state index contributed by atoms with van der Waals surface area (Å²) in [5.41, 5.74) is 0. The highest BCUT2D eigenvalue weighted by Crippen LogP contribution is 2.25. The van der Waals surface area contributed by atoms with Gasteiger partial charge in [0, 0.05) is 19.1 Å². The van der Waals surface area contributed by atoms with E-state index >= 15 is 0 Å². The highest BCUT2D eigenvalue weighted by molar-refractivity contribution is 4.76. The molecule has 66 valence electrons. The minimum atomic E-state index is 0.281. The first-order chi connectivity index (χ1) is 5.25. The number of aliphatic hydroxyl groups is 1. The molecule has 11 heavy (non-hydrogen) atoms. The largest absolute Gasteiger partial charge is 0.396 e. The van der Waals surface area contributed by atoms with E-state index in [0.717, 1.165) is 19.4 Å². The Morgan fingerprint density at radius 3 is 2.73 bits per heavy atom. The lowest BCUT2D eigenvalue weighted by Crippen LogP contribution is -2.35. The van der Waals surface area contributed by atoms with Crippen molar-refractivity contribution >= 4 is 0 Å². The third-order valence-corrected chi connectivity index (χ3v) is 2.39. The van der Waals surface area contributed by atoms with E-state index in [4.69, 9.17) is 9.84 Å². The van der Waals surface area contributed by atoms with Crippen LogP contribution in [-0.2, 0) is 4.74 Å². The summed E-state index contributed by atoms with van der Waals surface area (Å²) in [5.74, 6) is 0.913. The van der Waals surface area contributed by atoms with E-state index < -0.39 is 0 Å². The fourth-order valence-electron chi connectivity index (χ4n) is 1.80. The molecule has 2 heteroatoms. The Morgan fingerprint density at radius 2 is 2.27 bits per heavy atom. The molecule has 0 saturated carbocycles. The summed E-state index contributed by atoms with van der Waals surface area (Å²) in [7, 11) is 0. The molecule has 0 aromatic carbocycles. The quantitative estimate of drug-likeness (QED) is 0.658. The van der Waals surface area contributed by atoms with Gasteiger partial charge < -0.3 is 9.84 Å². The molecule has 0 spiro atoms. The van der Waals surface area contributed by atoms with Gasteiger partial charge in [-0.05, 0) is 18.8 Å². The molecule has 1 aliphatic heterocycles. The van der Waals surface area contributed by atoms with Crippen LogP contribution in [0.5, 0.6) is 0 Å². The first kappa shape index (κ1) is 9.01. The highest BCUT2D eigenvalue weighted by Gasteiger charge is 2.27. The summed E-state index contributed by atoms with van der Waals surface area (Å²) in [6.07, 6.45) is 2.52. The summed E-state index contributed by atoms with van der Waals surface area (Å²) in [6, 6.07) is 0. The SMILES string of the molecule is CC(C)C1OCCCC1CO. The summed E-state index contributed by atoms with van der Waals surface area (Å²) in [6.45, 7) is 5.46. The maximum Gasteiger partial charge on any atom is 0.0648 e. The molecule has 2 unspecified atom stereocenters. The van der Waals surface area contributed by atoms with Crippen LogP contribution in [0.3, 0.4) is 0 Å². The topological polar surface area (TPSA) is 29.5 Å². The van der Waals surface area contributed by atoms with E-state index in [9.17, 15) is 0 Å². The molecule has 1 rings (SSSR count). The first-order valence-electron chi connectivity index (χ1n) is 4.48. The molecule has 0 aromatic heterocycles. The Kier molecular flexibility index (Phi) is 3.34. The van der Waals surface area contributed by atoms with Crippen molar-refractivity contribution in [1.82, 2.24) is 0 Å². The van der Waals surface area contributed by atoms with Crippen LogP contribution in [0.15, 0.2) is 0 Å². The zero-order chi connectivity index (χ0) is 8.27. The molecule has 1 saturated heterocycles. The van der Waals surface area contributed by atoms with Crippen LogP contribution in [0, 0.1) is 11.8 Å². The maximum atomic E-state index is 9.03. The Bertz CT molecular complexity index is 112. The smallest absolute Gasteiger partial charge is 0.0648 e. The van der Waals surface area contributed by atoms with Gasteiger partial charge in [0.15, 0.2) is 0 Å². The molecule has 1 fully saturated rings. The van der Waals surface area contributed by atoms with Crippen molar-refractivity contribution in [3.05, 3.63) is 0 Å². The van der Waals surface area contributed by atoms with Gasteiger partial charge in [-0.15, -0.1) is 0 Å². The van der Waals surface area contributed by atoms with E-state index in [1.165, 1.54) is 0 Å². The average Bonchev–Trinajstić information content (AvgIpc) is 2.04. The number of aliphatic hydroxyl groups excluding tert-OH is 1. The first-order valence-corrected chi connectivity index (χ1v) is 4.48. The normalized spacial score (nSPS) is 32.7. The standard InChI is InChI=1S/C9H18O2/c1-7(2)9-8(6-10)4-3-5-11-9/h7-10H,3-6H2,1-2H3. The van der Waals surface area contributed by atoms with Crippen molar-refractivity contribution in [3.8, 4) is 0 Å². The predicted octanol–water partition coefficient (Wildman–Crippen LogP) is 1.43. The molecule has 0 bridgehead atoms. The van der Waals surface area contributed by atoms with E-state index in [1.54, 1.807) is 0 Å². The van der Waals surface area contributed by atoms with Crippen molar-refractivity contribution in [2.45, 2.75) is 32.8 Å². The number of rotatable bonds is 2. The van der Waals surface area contributed by atoms with E-state index in [-0.39, 0.29) is 12.7 Å². The van der Waals surface area contributed by atoms with Gasteiger partial charge in [0.1, 0.15) is 0 Å². The van der Waals surface area contributed by atoms with Gasteiger partial charge in [-0.25, -0.2) is 0 Å². The number of hydrogen-bond acceptors (Lipinski definition) is 2. The second-order valence-corrected chi connectivity index (χ2v) is 3.66. The molecule has 1 aliphatic rings. The lowest BCUT2D eigenvalue weighted by molar-refractivity contribution is -0.0671. The Morgan fingerprint density at radius 1 is 1.55 bits per heavy atom. The molecule has 1 N–H and O–H groups in total. The van der Waals surface area contributed by atoms with Gasteiger partial charge in [0.2, 0.25) is 0 Å². The molecule has 0 radical (unpaired) electrons. The minimum Gasteiger partial charge on any atom is -0.396 e. The summed E-state index contributed by atoms with van der Waals surface area (Å²) >= 11 is 0. The molecule has 0 amide bonds. The number of ether oxygens (including phenoxy) is 1. The Labute approximate surface area is 68.6 Å². The molecule has 0 aromatic rings. The van der Waals surface area contributed by atoms with Crippen molar-refractivity contribution < 1.29 is 9.84 Å². The third kappa shape index (κ3) is 2.17. The zero-order valence-corrected chi connectivity index (χ0v) is 7.42. The predicted molar refractivity (Wildman–Crippen MR) is 44.4 cm³/mol. The monoisotopic (exact) mass is 158 g/mol. The van der Waals surface area contributed by atoms with Gasteiger partial charge in [-0.1, -0.05) is 13.8 Å². The second-order valence-electron chi connectivity index (χ2n) is 3.66.